The standard InChI is InChI=1S/C8H12N2.ClH/c1-10(2)8-6-4-3-5-7(8)9;/h3-6H,9H2,1-2H3;1H. The summed E-state index contributed by atoms with van der Waals surface area (Å²) in [6.45, 7) is 0. The van der Waals surface area contributed by atoms with Crippen molar-refractivity contribution in [3.05, 3.63) is 24.3 Å². The van der Waals surface area contributed by atoms with Gasteiger partial charge in [-0.25, -0.2) is 0 Å². The summed E-state index contributed by atoms with van der Waals surface area (Å²) in [4.78, 5) is 2.00. The van der Waals surface area contributed by atoms with Crippen LogP contribution in [0.15, 0.2) is 24.3 Å². The molecule has 0 spiro atoms. The molecule has 1 aromatic rings. The Morgan fingerprint density at radius 1 is 1.18 bits per heavy atom. The van der Waals surface area contributed by atoms with Gasteiger partial charge in [0.2, 0.25) is 0 Å². The molecule has 0 atom stereocenters. The molecule has 0 aromatic heterocycles. The van der Waals surface area contributed by atoms with Gasteiger partial charge in [-0.1, -0.05) is 12.1 Å². The maximum Gasteiger partial charge on any atom is 0.0594 e. The minimum absolute atomic E-state index is 0. The van der Waals surface area contributed by atoms with E-state index in [9.17, 15) is 0 Å². The first-order valence-electron chi connectivity index (χ1n) is 3.23. The van der Waals surface area contributed by atoms with E-state index in [1.54, 1.807) is 0 Å². The Labute approximate surface area is 73.4 Å². The first kappa shape index (κ1) is 10.1. The smallest absolute Gasteiger partial charge is 0.0594 e. The fourth-order valence-electron chi connectivity index (χ4n) is 0.895. The van der Waals surface area contributed by atoms with Gasteiger partial charge < -0.3 is 10.6 Å². The topological polar surface area (TPSA) is 29.3 Å². The van der Waals surface area contributed by atoms with Crippen molar-refractivity contribution in [1.29, 1.82) is 0 Å². The molecule has 0 fully saturated rings. The molecule has 11 heavy (non-hydrogen) atoms. The molecule has 0 aliphatic rings. The van der Waals surface area contributed by atoms with Gasteiger partial charge in [0.05, 0.1) is 11.4 Å². The van der Waals surface area contributed by atoms with Crippen LogP contribution in [-0.2, 0) is 0 Å². The third-order valence-corrected chi connectivity index (χ3v) is 1.42. The second-order valence-corrected chi connectivity index (χ2v) is 2.45. The molecule has 1 aromatic carbocycles. The van der Waals surface area contributed by atoms with Crippen molar-refractivity contribution in [2.45, 2.75) is 0 Å². The van der Waals surface area contributed by atoms with E-state index in [1.165, 1.54) is 0 Å². The van der Waals surface area contributed by atoms with Crippen molar-refractivity contribution in [1.82, 2.24) is 0 Å². The van der Waals surface area contributed by atoms with Gasteiger partial charge in [-0.2, -0.15) is 0 Å². The quantitative estimate of drug-likeness (QED) is 0.655. The summed E-state index contributed by atoms with van der Waals surface area (Å²) in [6, 6.07) is 7.80. The molecule has 0 heterocycles. The summed E-state index contributed by atoms with van der Waals surface area (Å²) in [5.74, 6) is 0. The van der Waals surface area contributed by atoms with Crippen LogP contribution in [0.2, 0.25) is 0 Å². The molecule has 1 rings (SSSR count). The van der Waals surface area contributed by atoms with Crippen LogP contribution in [0.4, 0.5) is 11.4 Å². The van der Waals surface area contributed by atoms with Gasteiger partial charge in [0, 0.05) is 14.1 Å². The summed E-state index contributed by atoms with van der Waals surface area (Å²) in [5.41, 5.74) is 7.58. The van der Waals surface area contributed by atoms with Crippen LogP contribution in [0.1, 0.15) is 0 Å². The van der Waals surface area contributed by atoms with Gasteiger partial charge in [0.15, 0.2) is 0 Å². The summed E-state index contributed by atoms with van der Waals surface area (Å²) < 4.78 is 0. The molecule has 0 bridgehead atoms. The lowest BCUT2D eigenvalue weighted by atomic mass is 10.2. The molecule has 2 N–H and O–H groups in total. The predicted octanol–water partition coefficient (Wildman–Crippen LogP) is 1.76. The number of hydrogen-bond acceptors (Lipinski definition) is 2. The SMILES string of the molecule is CN(C)c1ccccc1N.Cl. The molecular weight excluding hydrogens is 160 g/mol. The van der Waals surface area contributed by atoms with Crippen molar-refractivity contribution < 1.29 is 0 Å². The Kier molecular flexibility index (Phi) is 3.76. The highest BCUT2D eigenvalue weighted by Gasteiger charge is 1.96. The third kappa shape index (κ3) is 2.31. The molecule has 0 aliphatic heterocycles. The number of para-hydroxylation sites is 2. The zero-order valence-corrected chi connectivity index (χ0v) is 7.56. The summed E-state index contributed by atoms with van der Waals surface area (Å²) in [7, 11) is 3.96. The molecule has 0 amide bonds. The molecule has 0 unspecified atom stereocenters. The van der Waals surface area contributed by atoms with Crippen LogP contribution in [-0.4, -0.2) is 14.1 Å². The molecule has 0 saturated carbocycles. The average molecular weight is 173 g/mol. The number of rotatable bonds is 1. The molecule has 0 aliphatic carbocycles. The van der Waals surface area contributed by atoms with E-state index >= 15 is 0 Å². The molecule has 0 radical (unpaired) electrons. The number of anilines is 2. The Morgan fingerprint density at radius 3 is 2.09 bits per heavy atom. The van der Waals surface area contributed by atoms with Gasteiger partial charge >= 0.3 is 0 Å². The minimum atomic E-state index is 0. The van der Waals surface area contributed by atoms with Crippen LogP contribution in [0.5, 0.6) is 0 Å². The Hall–Kier alpha value is -0.890. The Balaban J connectivity index is 0.000001000. The number of nitrogen functional groups attached to an aromatic ring is 1. The number of hydrogen-bond donors (Lipinski definition) is 1. The lowest BCUT2D eigenvalue weighted by molar-refractivity contribution is 1.13. The van der Waals surface area contributed by atoms with Crippen LogP contribution in [0.25, 0.3) is 0 Å². The van der Waals surface area contributed by atoms with Gasteiger partial charge in [-0.15, -0.1) is 12.4 Å². The summed E-state index contributed by atoms with van der Waals surface area (Å²) >= 11 is 0. The number of nitrogens with two attached hydrogens (primary N) is 1. The van der Waals surface area contributed by atoms with E-state index in [-0.39, 0.29) is 12.4 Å². The normalized spacial score (nSPS) is 8.55. The monoisotopic (exact) mass is 172 g/mol. The highest BCUT2D eigenvalue weighted by atomic mass is 35.5. The van der Waals surface area contributed by atoms with Crippen molar-refractivity contribution in [3.63, 3.8) is 0 Å². The van der Waals surface area contributed by atoms with Crippen LogP contribution < -0.4 is 10.6 Å². The van der Waals surface area contributed by atoms with Crippen molar-refractivity contribution >= 4 is 23.8 Å². The number of halogens is 1. The highest BCUT2D eigenvalue weighted by Crippen LogP contribution is 2.18. The largest absolute Gasteiger partial charge is 0.397 e. The lowest BCUT2D eigenvalue weighted by Crippen LogP contribution is -2.10. The second-order valence-electron chi connectivity index (χ2n) is 2.45. The number of benzene rings is 1. The van der Waals surface area contributed by atoms with E-state index in [2.05, 4.69) is 0 Å². The maximum atomic E-state index is 5.68. The maximum absolute atomic E-state index is 5.68. The zero-order chi connectivity index (χ0) is 7.56. The van der Waals surface area contributed by atoms with Gasteiger partial charge in [-0.3, -0.25) is 0 Å². The fourth-order valence-corrected chi connectivity index (χ4v) is 0.895. The van der Waals surface area contributed by atoms with Gasteiger partial charge in [0.25, 0.3) is 0 Å². The van der Waals surface area contributed by atoms with Crippen molar-refractivity contribution in [2.24, 2.45) is 0 Å². The van der Waals surface area contributed by atoms with E-state index in [0.29, 0.717) is 0 Å². The lowest BCUT2D eigenvalue weighted by Gasteiger charge is -2.13. The molecule has 0 saturated heterocycles. The van der Waals surface area contributed by atoms with E-state index in [4.69, 9.17) is 5.73 Å². The van der Waals surface area contributed by atoms with E-state index < -0.39 is 0 Å². The zero-order valence-electron chi connectivity index (χ0n) is 6.74. The van der Waals surface area contributed by atoms with Crippen LogP contribution in [0.3, 0.4) is 0 Å². The first-order chi connectivity index (χ1) is 4.72. The average Bonchev–Trinajstić information content (AvgIpc) is 1.88. The Morgan fingerprint density at radius 2 is 1.73 bits per heavy atom. The van der Waals surface area contributed by atoms with E-state index in [1.807, 2.05) is 43.3 Å². The molecule has 2 nitrogen and oxygen atoms in total. The number of nitrogens with zero attached hydrogens (tertiary/aromatic N) is 1. The fraction of sp³-hybridized carbons (Fsp3) is 0.250. The second kappa shape index (κ2) is 4.09. The van der Waals surface area contributed by atoms with E-state index in [0.717, 1.165) is 11.4 Å². The third-order valence-electron chi connectivity index (χ3n) is 1.42. The predicted molar refractivity (Wildman–Crippen MR) is 52.4 cm³/mol. The minimum Gasteiger partial charge on any atom is -0.397 e. The van der Waals surface area contributed by atoms with Crippen LogP contribution >= 0.6 is 12.4 Å². The summed E-state index contributed by atoms with van der Waals surface area (Å²) in [6.07, 6.45) is 0. The molecule has 62 valence electrons. The summed E-state index contributed by atoms with van der Waals surface area (Å²) in [5, 5.41) is 0. The highest BCUT2D eigenvalue weighted by molar-refractivity contribution is 5.85. The Bertz CT molecular complexity index is 223. The molecular formula is C8H13ClN2. The van der Waals surface area contributed by atoms with Crippen molar-refractivity contribution in [2.75, 3.05) is 24.7 Å². The molecule has 3 heteroatoms. The first-order valence-corrected chi connectivity index (χ1v) is 3.23. The van der Waals surface area contributed by atoms with Crippen LogP contribution in [0, 0.1) is 0 Å². The van der Waals surface area contributed by atoms with Crippen molar-refractivity contribution in [3.8, 4) is 0 Å². The van der Waals surface area contributed by atoms with Gasteiger partial charge in [0.1, 0.15) is 0 Å². The van der Waals surface area contributed by atoms with Gasteiger partial charge in [-0.05, 0) is 12.1 Å².